The molecule has 2 unspecified atom stereocenters. The molecule has 3 aliphatic rings. The van der Waals surface area contributed by atoms with Crippen LogP contribution in [0.1, 0.15) is 45.4 Å². The molecule has 1 heterocycles. The molecule has 122 valence electrons. The van der Waals surface area contributed by atoms with Crippen LogP contribution in [0.4, 0.5) is 4.79 Å². The second-order valence-electron chi connectivity index (χ2n) is 6.96. The van der Waals surface area contributed by atoms with Gasteiger partial charge in [0.25, 0.3) is 5.91 Å². The van der Waals surface area contributed by atoms with Crippen LogP contribution >= 0.6 is 0 Å². The van der Waals surface area contributed by atoms with Crippen LogP contribution in [0.5, 0.6) is 0 Å². The maximum atomic E-state index is 12.5. The molecular formula is C16H25N3O3. The normalized spacial score (nSPS) is 29.2. The summed E-state index contributed by atoms with van der Waals surface area (Å²) in [6.07, 6.45) is 6.46. The van der Waals surface area contributed by atoms with Crippen LogP contribution in [0.15, 0.2) is 0 Å². The minimum atomic E-state index is -0.286. The number of hydrogen-bond donors (Lipinski definition) is 0. The highest BCUT2D eigenvalue weighted by atomic mass is 16.2. The molecule has 6 nitrogen and oxygen atoms in total. The molecule has 3 fully saturated rings. The topological polar surface area (TPSA) is 60.9 Å². The Bertz CT molecular complexity index is 489. The molecule has 3 rings (SSSR count). The highest BCUT2D eigenvalue weighted by Gasteiger charge is 2.44. The van der Waals surface area contributed by atoms with Crippen molar-refractivity contribution in [3.05, 3.63) is 0 Å². The van der Waals surface area contributed by atoms with E-state index in [2.05, 4.69) is 6.92 Å². The highest BCUT2D eigenvalue weighted by Crippen LogP contribution is 2.31. The van der Waals surface area contributed by atoms with Crippen molar-refractivity contribution in [2.75, 3.05) is 20.1 Å². The number of imide groups is 1. The van der Waals surface area contributed by atoms with Gasteiger partial charge in [0, 0.05) is 19.1 Å². The molecule has 0 spiro atoms. The Kier molecular flexibility index (Phi) is 4.10. The lowest BCUT2D eigenvalue weighted by Crippen LogP contribution is -2.48. The molecule has 2 saturated carbocycles. The first kappa shape index (κ1) is 15.3. The van der Waals surface area contributed by atoms with Crippen molar-refractivity contribution in [1.29, 1.82) is 0 Å². The summed E-state index contributed by atoms with van der Waals surface area (Å²) in [5, 5.41) is 0. The van der Waals surface area contributed by atoms with Crippen molar-refractivity contribution in [2.45, 2.75) is 57.5 Å². The quantitative estimate of drug-likeness (QED) is 0.739. The zero-order valence-electron chi connectivity index (χ0n) is 13.5. The predicted molar refractivity (Wildman–Crippen MR) is 81.0 cm³/mol. The molecule has 0 radical (unpaired) electrons. The van der Waals surface area contributed by atoms with Crippen molar-refractivity contribution in [1.82, 2.24) is 14.7 Å². The number of urea groups is 1. The van der Waals surface area contributed by atoms with Gasteiger partial charge in [0.15, 0.2) is 0 Å². The van der Waals surface area contributed by atoms with E-state index < -0.39 is 0 Å². The third kappa shape index (κ3) is 2.83. The maximum Gasteiger partial charge on any atom is 0.327 e. The zero-order valence-corrected chi connectivity index (χ0v) is 13.5. The van der Waals surface area contributed by atoms with E-state index in [0.717, 1.165) is 37.0 Å². The lowest BCUT2D eigenvalue weighted by molar-refractivity contribution is -0.138. The van der Waals surface area contributed by atoms with Crippen LogP contribution in [-0.4, -0.2) is 64.8 Å². The monoisotopic (exact) mass is 307 g/mol. The Morgan fingerprint density at radius 3 is 2.50 bits per heavy atom. The Balaban J connectivity index is 1.60. The second kappa shape index (κ2) is 5.89. The number of rotatable bonds is 4. The highest BCUT2D eigenvalue weighted by molar-refractivity contribution is 6.04. The van der Waals surface area contributed by atoms with Crippen LogP contribution in [-0.2, 0) is 9.59 Å². The van der Waals surface area contributed by atoms with E-state index in [0.29, 0.717) is 5.92 Å². The smallest absolute Gasteiger partial charge is 0.327 e. The van der Waals surface area contributed by atoms with E-state index in [1.807, 2.05) is 0 Å². The van der Waals surface area contributed by atoms with Crippen molar-refractivity contribution < 1.29 is 14.4 Å². The van der Waals surface area contributed by atoms with Gasteiger partial charge in [-0.05, 0) is 31.6 Å². The summed E-state index contributed by atoms with van der Waals surface area (Å²) in [7, 11) is 1.80. The molecule has 0 aromatic carbocycles. The molecule has 1 saturated heterocycles. The lowest BCUT2D eigenvalue weighted by Gasteiger charge is -2.36. The average Bonchev–Trinajstić information content (AvgIpc) is 3.29. The Morgan fingerprint density at radius 2 is 1.86 bits per heavy atom. The van der Waals surface area contributed by atoms with Gasteiger partial charge >= 0.3 is 6.03 Å². The summed E-state index contributed by atoms with van der Waals surface area (Å²) in [4.78, 5) is 41.3. The van der Waals surface area contributed by atoms with Crippen LogP contribution < -0.4 is 0 Å². The standard InChI is InChI=1S/C16H25N3O3/c1-11-5-3-4-6-13(11)17(2)14(20)9-19-15(21)10-18(16(19)22)12-7-8-12/h11-13H,3-10H2,1-2H3. The molecule has 22 heavy (non-hydrogen) atoms. The summed E-state index contributed by atoms with van der Waals surface area (Å²) >= 11 is 0. The molecule has 6 heteroatoms. The first-order valence-corrected chi connectivity index (χ1v) is 8.35. The molecule has 0 N–H and O–H groups in total. The Hall–Kier alpha value is -1.59. The van der Waals surface area contributed by atoms with Crippen LogP contribution in [0, 0.1) is 5.92 Å². The molecule has 4 amide bonds. The van der Waals surface area contributed by atoms with Gasteiger partial charge in [-0.2, -0.15) is 0 Å². The van der Waals surface area contributed by atoms with Crippen LogP contribution in [0.2, 0.25) is 0 Å². The van der Waals surface area contributed by atoms with Gasteiger partial charge in [-0.1, -0.05) is 19.8 Å². The number of hydrogen-bond acceptors (Lipinski definition) is 3. The van der Waals surface area contributed by atoms with Gasteiger partial charge < -0.3 is 9.80 Å². The molecule has 0 aromatic heterocycles. The van der Waals surface area contributed by atoms with Gasteiger partial charge in [0.1, 0.15) is 13.1 Å². The predicted octanol–water partition coefficient (Wildman–Crippen LogP) is 1.45. The molecule has 0 bridgehead atoms. The van der Waals surface area contributed by atoms with Gasteiger partial charge in [-0.3, -0.25) is 14.5 Å². The van der Waals surface area contributed by atoms with Gasteiger partial charge in [-0.15, -0.1) is 0 Å². The average molecular weight is 307 g/mol. The van der Waals surface area contributed by atoms with Crippen molar-refractivity contribution >= 4 is 17.8 Å². The number of carbonyl (C=O) groups excluding carboxylic acids is 3. The first-order chi connectivity index (χ1) is 10.5. The van der Waals surface area contributed by atoms with Crippen LogP contribution in [0.25, 0.3) is 0 Å². The first-order valence-electron chi connectivity index (χ1n) is 8.35. The second-order valence-corrected chi connectivity index (χ2v) is 6.96. The fourth-order valence-corrected chi connectivity index (χ4v) is 3.69. The third-order valence-corrected chi connectivity index (χ3v) is 5.32. The minimum Gasteiger partial charge on any atom is -0.341 e. The van der Waals surface area contributed by atoms with E-state index in [4.69, 9.17) is 0 Å². The van der Waals surface area contributed by atoms with E-state index in [1.54, 1.807) is 16.8 Å². The van der Waals surface area contributed by atoms with E-state index >= 15 is 0 Å². The summed E-state index contributed by atoms with van der Waals surface area (Å²) in [5.74, 6) is 0.115. The summed E-state index contributed by atoms with van der Waals surface area (Å²) in [6, 6.07) is 0.159. The van der Waals surface area contributed by atoms with Gasteiger partial charge in [0.05, 0.1) is 0 Å². The van der Waals surface area contributed by atoms with E-state index in [-0.39, 0.29) is 43.0 Å². The molecule has 2 aliphatic carbocycles. The summed E-state index contributed by atoms with van der Waals surface area (Å²) in [6.45, 7) is 2.20. The Labute approximate surface area is 131 Å². The number of carbonyl (C=O) groups is 3. The van der Waals surface area contributed by atoms with E-state index in [1.165, 1.54) is 6.42 Å². The maximum absolute atomic E-state index is 12.5. The van der Waals surface area contributed by atoms with Gasteiger partial charge in [0.2, 0.25) is 5.91 Å². The molecule has 2 atom stereocenters. The fraction of sp³-hybridized carbons (Fsp3) is 0.812. The van der Waals surface area contributed by atoms with E-state index in [9.17, 15) is 14.4 Å². The largest absolute Gasteiger partial charge is 0.341 e. The summed E-state index contributed by atoms with van der Waals surface area (Å²) < 4.78 is 0. The molecule has 1 aliphatic heterocycles. The summed E-state index contributed by atoms with van der Waals surface area (Å²) in [5.41, 5.74) is 0. The number of amides is 4. The number of likely N-dealkylation sites (N-methyl/N-ethyl adjacent to an activating group) is 1. The third-order valence-electron chi connectivity index (χ3n) is 5.32. The minimum absolute atomic E-state index is 0.111. The molecule has 0 aromatic rings. The fourth-order valence-electron chi connectivity index (χ4n) is 3.69. The van der Waals surface area contributed by atoms with Gasteiger partial charge in [-0.25, -0.2) is 4.79 Å². The lowest BCUT2D eigenvalue weighted by atomic mass is 9.85. The molecular weight excluding hydrogens is 282 g/mol. The van der Waals surface area contributed by atoms with Crippen LogP contribution in [0.3, 0.4) is 0 Å². The SMILES string of the molecule is CC1CCCCC1N(C)C(=O)CN1C(=O)CN(C2CC2)C1=O. The number of nitrogens with zero attached hydrogens (tertiary/aromatic N) is 3. The Morgan fingerprint density at radius 1 is 1.18 bits per heavy atom. The van der Waals surface area contributed by atoms with Crippen molar-refractivity contribution in [2.24, 2.45) is 5.92 Å². The zero-order chi connectivity index (χ0) is 15.9. The van der Waals surface area contributed by atoms with Crippen molar-refractivity contribution in [3.63, 3.8) is 0 Å². The van der Waals surface area contributed by atoms with Crippen molar-refractivity contribution in [3.8, 4) is 0 Å².